The predicted octanol–water partition coefficient (Wildman–Crippen LogP) is 2.85. The summed E-state index contributed by atoms with van der Waals surface area (Å²) in [5.41, 5.74) is 15.5. The highest BCUT2D eigenvalue weighted by atomic mass is 16.1. The first-order chi connectivity index (χ1) is 13.5. The van der Waals surface area contributed by atoms with Gasteiger partial charge in [0.05, 0.1) is 0 Å². The summed E-state index contributed by atoms with van der Waals surface area (Å²) in [6.45, 7) is 0.337. The molecule has 0 radical (unpaired) electrons. The summed E-state index contributed by atoms with van der Waals surface area (Å²) in [4.78, 5) is 12.5. The zero-order chi connectivity index (χ0) is 20.1. The molecule has 0 aliphatic carbocycles. The molecule has 0 heterocycles. The Morgan fingerprint density at radius 2 is 1.39 bits per heavy atom. The van der Waals surface area contributed by atoms with Crippen LogP contribution in [-0.2, 0) is 6.54 Å². The number of hydrogen-bond acceptors (Lipinski definition) is 3. The monoisotopic (exact) mass is 371 g/mol. The van der Waals surface area contributed by atoms with Crippen molar-refractivity contribution in [3.63, 3.8) is 0 Å². The second-order valence-corrected chi connectivity index (χ2v) is 6.33. The van der Waals surface area contributed by atoms with Crippen LogP contribution >= 0.6 is 0 Å². The first-order valence-electron chi connectivity index (χ1n) is 8.71. The second kappa shape index (κ2) is 8.18. The number of amides is 1. The third kappa shape index (κ3) is 4.24. The summed E-state index contributed by atoms with van der Waals surface area (Å²) >= 11 is 0. The average Bonchev–Trinajstić information content (AvgIpc) is 2.72. The number of amidine groups is 2. The van der Waals surface area contributed by atoms with Gasteiger partial charge in [-0.25, -0.2) is 0 Å². The molecule has 0 saturated carbocycles. The molecule has 0 atom stereocenters. The van der Waals surface area contributed by atoms with Gasteiger partial charge in [0.1, 0.15) is 11.7 Å². The Labute approximate surface area is 163 Å². The number of hydrogen-bond donors (Lipinski definition) is 5. The number of nitrogen functional groups attached to an aromatic ring is 2. The Hall–Kier alpha value is -3.93. The van der Waals surface area contributed by atoms with Crippen molar-refractivity contribution in [3.8, 4) is 11.1 Å². The number of nitrogens with two attached hydrogens (primary N) is 2. The highest BCUT2D eigenvalue weighted by molar-refractivity contribution is 6.00. The highest BCUT2D eigenvalue weighted by Crippen LogP contribution is 2.24. The molecule has 1 amide bonds. The van der Waals surface area contributed by atoms with Gasteiger partial charge in [0, 0.05) is 23.2 Å². The molecule has 0 spiro atoms. The Morgan fingerprint density at radius 1 is 0.786 bits per heavy atom. The molecule has 0 fully saturated rings. The van der Waals surface area contributed by atoms with Crippen molar-refractivity contribution in [1.29, 1.82) is 10.8 Å². The van der Waals surface area contributed by atoms with Crippen molar-refractivity contribution in [2.45, 2.75) is 6.54 Å². The molecule has 6 nitrogen and oxygen atoms in total. The van der Waals surface area contributed by atoms with Gasteiger partial charge in [-0.15, -0.1) is 0 Å². The molecule has 3 rings (SSSR count). The Balaban J connectivity index is 1.82. The van der Waals surface area contributed by atoms with Crippen molar-refractivity contribution >= 4 is 17.6 Å². The lowest BCUT2D eigenvalue weighted by Gasteiger charge is -2.12. The van der Waals surface area contributed by atoms with E-state index in [1.54, 1.807) is 30.3 Å². The number of carbonyl (C=O) groups is 1. The minimum absolute atomic E-state index is 0.0120. The van der Waals surface area contributed by atoms with Crippen LogP contribution in [0.25, 0.3) is 11.1 Å². The van der Waals surface area contributed by atoms with Gasteiger partial charge in [-0.3, -0.25) is 15.6 Å². The van der Waals surface area contributed by atoms with Crippen molar-refractivity contribution in [2.24, 2.45) is 11.5 Å². The van der Waals surface area contributed by atoms with E-state index < -0.39 is 0 Å². The van der Waals surface area contributed by atoms with Crippen LogP contribution < -0.4 is 16.8 Å². The van der Waals surface area contributed by atoms with E-state index in [4.69, 9.17) is 22.3 Å². The van der Waals surface area contributed by atoms with Crippen LogP contribution in [-0.4, -0.2) is 17.6 Å². The van der Waals surface area contributed by atoms with E-state index in [0.717, 1.165) is 16.7 Å². The summed E-state index contributed by atoms with van der Waals surface area (Å²) in [6, 6.07) is 21.9. The zero-order valence-electron chi connectivity index (χ0n) is 15.2. The lowest BCUT2D eigenvalue weighted by molar-refractivity contribution is 0.0951. The topological polar surface area (TPSA) is 129 Å². The quantitative estimate of drug-likeness (QED) is 0.337. The molecule has 28 heavy (non-hydrogen) atoms. The Bertz CT molecular complexity index is 1060. The maximum atomic E-state index is 12.5. The second-order valence-electron chi connectivity index (χ2n) is 6.33. The lowest BCUT2D eigenvalue weighted by atomic mass is 9.97. The zero-order valence-corrected chi connectivity index (χ0v) is 15.2. The molecule has 6 heteroatoms. The summed E-state index contributed by atoms with van der Waals surface area (Å²) in [7, 11) is 0. The Kier molecular flexibility index (Phi) is 5.50. The highest BCUT2D eigenvalue weighted by Gasteiger charge is 2.10. The molecular formula is C22H21N5O. The smallest absolute Gasteiger partial charge is 0.251 e. The summed E-state index contributed by atoms with van der Waals surface area (Å²) in [5, 5.41) is 18.0. The van der Waals surface area contributed by atoms with Crippen LogP contribution in [0.4, 0.5) is 0 Å². The molecular weight excluding hydrogens is 350 g/mol. The first-order valence-corrected chi connectivity index (χ1v) is 8.71. The lowest BCUT2D eigenvalue weighted by Crippen LogP contribution is -2.23. The van der Waals surface area contributed by atoms with Gasteiger partial charge in [0.25, 0.3) is 5.91 Å². The minimum Gasteiger partial charge on any atom is -0.384 e. The molecule has 0 bridgehead atoms. The SMILES string of the molecule is N=C(N)c1cccc(C(=O)NCc2ccccc2-c2cccc(C(=N)N)c2)c1. The summed E-state index contributed by atoms with van der Waals surface area (Å²) in [5.74, 6) is -0.307. The molecule has 0 aliphatic heterocycles. The van der Waals surface area contributed by atoms with Crippen LogP contribution in [0.1, 0.15) is 27.0 Å². The van der Waals surface area contributed by atoms with E-state index in [1.165, 1.54) is 0 Å². The van der Waals surface area contributed by atoms with Crippen molar-refractivity contribution in [1.82, 2.24) is 5.32 Å². The number of nitrogens with one attached hydrogen (secondary N) is 3. The van der Waals surface area contributed by atoms with E-state index in [0.29, 0.717) is 23.2 Å². The normalized spacial score (nSPS) is 10.3. The average molecular weight is 371 g/mol. The third-order valence-electron chi connectivity index (χ3n) is 4.38. The van der Waals surface area contributed by atoms with E-state index in [1.807, 2.05) is 42.5 Å². The summed E-state index contributed by atoms with van der Waals surface area (Å²) < 4.78 is 0. The molecule has 0 aromatic heterocycles. The van der Waals surface area contributed by atoms with E-state index in [9.17, 15) is 4.79 Å². The molecule has 140 valence electrons. The van der Waals surface area contributed by atoms with Gasteiger partial charge >= 0.3 is 0 Å². The van der Waals surface area contributed by atoms with Crippen LogP contribution in [0, 0.1) is 10.8 Å². The van der Waals surface area contributed by atoms with Crippen LogP contribution in [0.15, 0.2) is 72.8 Å². The molecule has 3 aromatic rings. The van der Waals surface area contributed by atoms with Crippen molar-refractivity contribution in [3.05, 3.63) is 95.1 Å². The van der Waals surface area contributed by atoms with Crippen LogP contribution in [0.3, 0.4) is 0 Å². The molecule has 0 saturated heterocycles. The largest absolute Gasteiger partial charge is 0.384 e. The molecule has 0 unspecified atom stereocenters. The summed E-state index contributed by atoms with van der Waals surface area (Å²) in [6.07, 6.45) is 0. The fraction of sp³-hybridized carbons (Fsp3) is 0.0455. The first kappa shape index (κ1) is 18.8. The van der Waals surface area contributed by atoms with Gasteiger partial charge in [0.2, 0.25) is 0 Å². The van der Waals surface area contributed by atoms with E-state index >= 15 is 0 Å². The molecule has 7 N–H and O–H groups in total. The number of benzene rings is 3. The van der Waals surface area contributed by atoms with E-state index in [2.05, 4.69) is 5.32 Å². The molecule has 0 aliphatic rings. The van der Waals surface area contributed by atoms with Gasteiger partial charge in [0.15, 0.2) is 0 Å². The van der Waals surface area contributed by atoms with Gasteiger partial charge in [-0.1, -0.05) is 54.6 Å². The Morgan fingerprint density at radius 3 is 2.11 bits per heavy atom. The number of rotatable bonds is 6. The van der Waals surface area contributed by atoms with Crippen LogP contribution in [0.5, 0.6) is 0 Å². The van der Waals surface area contributed by atoms with Crippen molar-refractivity contribution < 1.29 is 4.79 Å². The van der Waals surface area contributed by atoms with E-state index in [-0.39, 0.29) is 17.6 Å². The molecule has 3 aromatic carbocycles. The maximum Gasteiger partial charge on any atom is 0.251 e. The fourth-order valence-corrected chi connectivity index (χ4v) is 2.92. The fourth-order valence-electron chi connectivity index (χ4n) is 2.92. The van der Waals surface area contributed by atoms with Crippen LogP contribution in [0.2, 0.25) is 0 Å². The number of carbonyl (C=O) groups excluding carboxylic acids is 1. The van der Waals surface area contributed by atoms with Gasteiger partial charge in [-0.05, 0) is 34.9 Å². The van der Waals surface area contributed by atoms with Gasteiger partial charge < -0.3 is 16.8 Å². The third-order valence-corrected chi connectivity index (χ3v) is 4.38. The standard InChI is InChI=1S/C22H21N5O/c23-20(24)15-7-3-6-14(11-15)19-10-2-1-5-18(19)13-27-22(28)17-9-4-8-16(12-17)21(25)26/h1-12H,13H2,(H3,23,24)(H3,25,26)(H,27,28). The van der Waals surface area contributed by atoms with Crippen molar-refractivity contribution in [2.75, 3.05) is 0 Å². The van der Waals surface area contributed by atoms with Gasteiger partial charge in [-0.2, -0.15) is 0 Å². The maximum absolute atomic E-state index is 12.5. The predicted molar refractivity (Wildman–Crippen MR) is 112 cm³/mol. The minimum atomic E-state index is -0.240.